The lowest BCUT2D eigenvalue weighted by molar-refractivity contribution is 0.0860. The summed E-state index contributed by atoms with van der Waals surface area (Å²) in [5.74, 6) is 0.601. The van der Waals surface area contributed by atoms with Crippen LogP contribution in [-0.4, -0.2) is 6.36 Å². The number of benzene rings is 1. The minimum Gasteiger partial charge on any atom is -0.461 e. The normalized spacial score (nSPS) is 11.2. The number of halogens is 1. The standard InChI is InChI=1S/C10H13FO.C2H6/c1-3-9-5-4-6-10(7-9)12-8(2)11;1-2/h4-8H,3H2,1-2H3;1-2H3. The van der Waals surface area contributed by atoms with E-state index in [1.165, 1.54) is 6.92 Å². The Morgan fingerprint density at radius 1 is 1.36 bits per heavy atom. The Hall–Kier alpha value is -1.05. The molecule has 0 saturated carbocycles. The van der Waals surface area contributed by atoms with E-state index in [0.717, 1.165) is 12.0 Å². The number of hydrogen-bond donors (Lipinski definition) is 0. The molecule has 1 unspecified atom stereocenters. The van der Waals surface area contributed by atoms with Crippen molar-refractivity contribution in [1.29, 1.82) is 0 Å². The number of aryl methyl sites for hydroxylation is 1. The number of rotatable bonds is 3. The van der Waals surface area contributed by atoms with Gasteiger partial charge in [0, 0.05) is 6.92 Å². The number of hydrogen-bond acceptors (Lipinski definition) is 1. The van der Waals surface area contributed by atoms with Crippen LogP contribution in [0.3, 0.4) is 0 Å². The molecule has 14 heavy (non-hydrogen) atoms. The van der Waals surface area contributed by atoms with Gasteiger partial charge in [0.2, 0.25) is 6.36 Å². The molecular weight excluding hydrogens is 179 g/mol. The van der Waals surface area contributed by atoms with Crippen molar-refractivity contribution in [3.63, 3.8) is 0 Å². The van der Waals surface area contributed by atoms with Crippen LogP contribution >= 0.6 is 0 Å². The van der Waals surface area contributed by atoms with Crippen LogP contribution in [0.2, 0.25) is 0 Å². The van der Waals surface area contributed by atoms with E-state index < -0.39 is 6.36 Å². The smallest absolute Gasteiger partial charge is 0.235 e. The van der Waals surface area contributed by atoms with Crippen molar-refractivity contribution in [2.45, 2.75) is 40.5 Å². The second-order valence-electron chi connectivity index (χ2n) is 2.66. The zero-order valence-electron chi connectivity index (χ0n) is 9.38. The van der Waals surface area contributed by atoms with Crippen LogP contribution in [0.15, 0.2) is 24.3 Å². The fraction of sp³-hybridized carbons (Fsp3) is 0.500. The monoisotopic (exact) mass is 198 g/mol. The van der Waals surface area contributed by atoms with E-state index in [9.17, 15) is 4.39 Å². The summed E-state index contributed by atoms with van der Waals surface area (Å²) in [4.78, 5) is 0. The average molecular weight is 198 g/mol. The first kappa shape index (κ1) is 12.9. The Bertz CT molecular complexity index is 246. The first-order chi connectivity index (χ1) is 6.72. The summed E-state index contributed by atoms with van der Waals surface area (Å²) in [6, 6.07) is 7.48. The fourth-order valence-electron chi connectivity index (χ4n) is 1.03. The van der Waals surface area contributed by atoms with Crippen LogP contribution in [-0.2, 0) is 6.42 Å². The first-order valence-electron chi connectivity index (χ1n) is 5.12. The van der Waals surface area contributed by atoms with Gasteiger partial charge in [-0.25, -0.2) is 4.39 Å². The molecule has 1 atom stereocenters. The van der Waals surface area contributed by atoms with Crippen molar-refractivity contribution in [2.75, 3.05) is 0 Å². The summed E-state index contributed by atoms with van der Waals surface area (Å²) in [6.07, 6.45) is -0.296. The lowest BCUT2D eigenvalue weighted by Gasteiger charge is -2.07. The topological polar surface area (TPSA) is 9.23 Å². The van der Waals surface area contributed by atoms with Gasteiger partial charge in [0.1, 0.15) is 5.75 Å². The molecule has 2 heteroatoms. The largest absolute Gasteiger partial charge is 0.461 e. The Labute approximate surface area is 85.9 Å². The molecule has 0 heterocycles. The first-order valence-corrected chi connectivity index (χ1v) is 5.12. The van der Waals surface area contributed by atoms with Crippen LogP contribution < -0.4 is 4.74 Å². The lowest BCUT2D eigenvalue weighted by atomic mass is 10.2. The molecule has 0 radical (unpaired) electrons. The predicted molar refractivity (Wildman–Crippen MR) is 58.4 cm³/mol. The third-order valence-electron chi connectivity index (χ3n) is 1.61. The molecule has 80 valence electrons. The Morgan fingerprint density at radius 3 is 2.50 bits per heavy atom. The van der Waals surface area contributed by atoms with Crippen LogP contribution in [0.4, 0.5) is 4.39 Å². The summed E-state index contributed by atoms with van der Waals surface area (Å²) in [5, 5.41) is 0. The molecule has 0 aromatic heterocycles. The van der Waals surface area contributed by atoms with Gasteiger partial charge in [-0.1, -0.05) is 32.9 Å². The van der Waals surface area contributed by atoms with Crippen molar-refractivity contribution < 1.29 is 9.13 Å². The summed E-state index contributed by atoms with van der Waals surface area (Å²) < 4.78 is 17.3. The van der Waals surface area contributed by atoms with Crippen LogP contribution in [0.5, 0.6) is 5.75 Å². The van der Waals surface area contributed by atoms with E-state index in [2.05, 4.69) is 6.92 Å². The number of ether oxygens (including phenoxy) is 1. The Balaban J connectivity index is 0.000000791. The Morgan fingerprint density at radius 2 is 2.00 bits per heavy atom. The average Bonchev–Trinajstić information content (AvgIpc) is 2.20. The number of alkyl halides is 1. The lowest BCUT2D eigenvalue weighted by Crippen LogP contribution is -2.03. The molecule has 1 rings (SSSR count). The van der Waals surface area contributed by atoms with Gasteiger partial charge in [0.05, 0.1) is 0 Å². The third-order valence-corrected chi connectivity index (χ3v) is 1.61. The SMILES string of the molecule is CC.CCc1cccc(OC(C)F)c1. The third kappa shape index (κ3) is 4.85. The van der Waals surface area contributed by atoms with Gasteiger partial charge in [-0.15, -0.1) is 0 Å². The maximum Gasteiger partial charge on any atom is 0.235 e. The minimum absolute atomic E-state index is 0.601. The molecule has 1 aromatic rings. The van der Waals surface area contributed by atoms with Crippen molar-refractivity contribution in [3.05, 3.63) is 29.8 Å². The highest BCUT2D eigenvalue weighted by atomic mass is 19.1. The van der Waals surface area contributed by atoms with Crippen molar-refractivity contribution in [3.8, 4) is 5.75 Å². The molecular formula is C12H19FO. The zero-order valence-corrected chi connectivity index (χ0v) is 9.38. The molecule has 0 aliphatic rings. The summed E-state index contributed by atoms with van der Waals surface area (Å²) in [7, 11) is 0. The molecule has 0 saturated heterocycles. The molecule has 0 fully saturated rings. The molecule has 1 nitrogen and oxygen atoms in total. The highest BCUT2D eigenvalue weighted by Crippen LogP contribution is 2.15. The Kier molecular flexibility index (Phi) is 6.81. The predicted octanol–water partition coefficient (Wildman–Crippen LogP) is 3.97. The van der Waals surface area contributed by atoms with E-state index in [1.54, 1.807) is 6.07 Å². The molecule has 0 aliphatic heterocycles. The van der Waals surface area contributed by atoms with Gasteiger partial charge in [-0.2, -0.15) is 0 Å². The molecule has 0 aliphatic carbocycles. The minimum atomic E-state index is -1.24. The van der Waals surface area contributed by atoms with Crippen molar-refractivity contribution >= 4 is 0 Å². The van der Waals surface area contributed by atoms with Gasteiger partial charge in [-0.05, 0) is 24.1 Å². The van der Waals surface area contributed by atoms with Gasteiger partial charge in [0.15, 0.2) is 0 Å². The van der Waals surface area contributed by atoms with Gasteiger partial charge >= 0.3 is 0 Å². The second kappa shape index (κ2) is 7.36. The van der Waals surface area contributed by atoms with E-state index >= 15 is 0 Å². The molecule has 0 spiro atoms. The van der Waals surface area contributed by atoms with Crippen molar-refractivity contribution in [1.82, 2.24) is 0 Å². The maximum absolute atomic E-state index is 12.4. The molecule has 0 N–H and O–H groups in total. The second-order valence-corrected chi connectivity index (χ2v) is 2.66. The van der Waals surface area contributed by atoms with Gasteiger partial charge < -0.3 is 4.74 Å². The summed E-state index contributed by atoms with van der Waals surface area (Å²) >= 11 is 0. The van der Waals surface area contributed by atoms with Gasteiger partial charge in [-0.3, -0.25) is 0 Å². The van der Waals surface area contributed by atoms with Gasteiger partial charge in [0.25, 0.3) is 0 Å². The van der Waals surface area contributed by atoms with Crippen LogP contribution in [0.25, 0.3) is 0 Å². The highest BCUT2D eigenvalue weighted by molar-refractivity contribution is 5.28. The molecule has 0 amide bonds. The van der Waals surface area contributed by atoms with Crippen LogP contribution in [0.1, 0.15) is 33.3 Å². The molecule has 1 aromatic carbocycles. The zero-order chi connectivity index (χ0) is 11.0. The van der Waals surface area contributed by atoms with E-state index in [1.807, 2.05) is 32.0 Å². The van der Waals surface area contributed by atoms with E-state index in [-0.39, 0.29) is 0 Å². The van der Waals surface area contributed by atoms with Crippen LogP contribution in [0, 0.1) is 0 Å². The quantitative estimate of drug-likeness (QED) is 0.714. The van der Waals surface area contributed by atoms with E-state index in [4.69, 9.17) is 4.74 Å². The summed E-state index contributed by atoms with van der Waals surface area (Å²) in [6.45, 7) is 7.43. The highest BCUT2D eigenvalue weighted by Gasteiger charge is 1.99. The maximum atomic E-state index is 12.4. The molecule has 0 bridgehead atoms. The van der Waals surface area contributed by atoms with Crippen molar-refractivity contribution in [2.24, 2.45) is 0 Å². The summed E-state index contributed by atoms with van der Waals surface area (Å²) in [5.41, 5.74) is 1.16. The van der Waals surface area contributed by atoms with E-state index in [0.29, 0.717) is 5.75 Å². The fourth-order valence-corrected chi connectivity index (χ4v) is 1.03.